The number of hydrogen-bond donors (Lipinski definition) is 0. The average molecular weight is 244 g/mol. The van der Waals surface area contributed by atoms with Gasteiger partial charge in [-0.3, -0.25) is 4.90 Å². The van der Waals surface area contributed by atoms with Crippen LogP contribution in [-0.2, 0) is 9.84 Å². The van der Waals surface area contributed by atoms with E-state index >= 15 is 0 Å². The fourth-order valence-corrected chi connectivity index (χ4v) is 2.93. The zero-order chi connectivity index (χ0) is 12.0. The first-order chi connectivity index (χ1) is 7.53. The summed E-state index contributed by atoms with van der Waals surface area (Å²) in [5, 5.41) is 8.75. The van der Waals surface area contributed by atoms with Crippen LogP contribution in [-0.4, -0.2) is 44.5 Å². The van der Waals surface area contributed by atoms with Crippen molar-refractivity contribution in [1.82, 2.24) is 4.90 Å². The van der Waals surface area contributed by atoms with Crippen molar-refractivity contribution in [1.29, 1.82) is 5.26 Å². The van der Waals surface area contributed by atoms with Crippen molar-refractivity contribution in [3.8, 4) is 6.07 Å². The van der Waals surface area contributed by atoms with Crippen LogP contribution in [0.3, 0.4) is 0 Å². The van der Waals surface area contributed by atoms with Crippen molar-refractivity contribution in [2.45, 2.75) is 38.1 Å². The minimum absolute atomic E-state index is 0.224. The Labute approximate surface area is 98.2 Å². The van der Waals surface area contributed by atoms with E-state index < -0.39 is 9.84 Å². The molecule has 0 unspecified atom stereocenters. The third-order valence-corrected chi connectivity index (χ3v) is 4.11. The van der Waals surface area contributed by atoms with Crippen LogP contribution in [0.15, 0.2) is 0 Å². The van der Waals surface area contributed by atoms with E-state index in [-0.39, 0.29) is 5.75 Å². The lowest BCUT2D eigenvalue weighted by atomic mass is 10.2. The maximum absolute atomic E-state index is 11.0. The number of nitrogens with zero attached hydrogens (tertiary/aromatic N) is 2. The van der Waals surface area contributed by atoms with Gasteiger partial charge in [-0.15, -0.1) is 0 Å². The Hall–Kier alpha value is -0.600. The zero-order valence-corrected chi connectivity index (χ0v) is 10.7. The lowest BCUT2D eigenvalue weighted by Gasteiger charge is -2.25. The normalized spacial score (nSPS) is 17.8. The van der Waals surface area contributed by atoms with Gasteiger partial charge < -0.3 is 0 Å². The summed E-state index contributed by atoms with van der Waals surface area (Å²) in [6.07, 6.45) is 6.67. The molecule has 1 fully saturated rings. The third-order valence-electron chi connectivity index (χ3n) is 3.08. The van der Waals surface area contributed by atoms with Crippen molar-refractivity contribution >= 4 is 9.84 Å². The van der Waals surface area contributed by atoms with Crippen LogP contribution in [0.25, 0.3) is 0 Å². The lowest BCUT2D eigenvalue weighted by Crippen LogP contribution is -2.35. The van der Waals surface area contributed by atoms with Crippen LogP contribution >= 0.6 is 0 Å². The second-order valence-electron chi connectivity index (χ2n) is 4.55. The van der Waals surface area contributed by atoms with E-state index in [1.54, 1.807) is 0 Å². The first kappa shape index (κ1) is 13.5. The minimum Gasteiger partial charge on any atom is -0.288 e. The van der Waals surface area contributed by atoms with Crippen LogP contribution in [0.1, 0.15) is 32.1 Å². The molecule has 92 valence electrons. The Bertz CT molecular complexity index is 339. The highest BCUT2D eigenvalue weighted by atomic mass is 32.2. The number of hydrogen-bond acceptors (Lipinski definition) is 4. The minimum atomic E-state index is -2.87. The van der Waals surface area contributed by atoms with Crippen molar-refractivity contribution in [3.63, 3.8) is 0 Å². The molecule has 0 aromatic heterocycles. The topological polar surface area (TPSA) is 61.2 Å². The monoisotopic (exact) mass is 244 g/mol. The van der Waals surface area contributed by atoms with E-state index in [4.69, 9.17) is 5.26 Å². The van der Waals surface area contributed by atoms with Gasteiger partial charge in [0.2, 0.25) is 0 Å². The SMILES string of the molecule is CS(=O)(=O)CCCN(CC#N)C1CCCC1. The fourth-order valence-electron chi connectivity index (χ4n) is 2.28. The zero-order valence-electron chi connectivity index (χ0n) is 9.85. The third kappa shape index (κ3) is 4.95. The molecule has 16 heavy (non-hydrogen) atoms. The molecule has 1 saturated carbocycles. The summed E-state index contributed by atoms with van der Waals surface area (Å²) in [7, 11) is -2.87. The molecule has 1 aliphatic carbocycles. The fraction of sp³-hybridized carbons (Fsp3) is 0.909. The van der Waals surface area contributed by atoms with Crippen molar-refractivity contribution in [2.75, 3.05) is 25.1 Å². The van der Waals surface area contributed by atoms with Gasteiger partial charge in [0, 0.05) is 18.8 Å². The number of nitriles is 1. The first-order valence-corrected chi connectivity index (χ1v) is 7.88. The molecule has 0 N–H and O–H groups in total. The standard InChI is InChI=1S/C11H20N2O2S/c1-16(14,15)10-4-8-13(9-7-12)11-5-2-3-6-11/h11H,2-6,8-10H2,1H3. The van der Waals surface area contributed by atoms with Gasteiger partial charge in [-0.2, -0.15) is 5.26 Å². The van der Waals surface area contributed by atoms with Crippen molar-refractivity contribution in [2.24, 2.45) is 0 Å². The van der Waals surface area contributed by atoms with Crippen molar-refractivity contribution < 1.29 is 8.42 Å². The molecular formula is C11H20N2O2S. The highest BCUT2D eigenvalue weighted by molar-refractivity contribution is 7.90. The summed E-state index contributed by atoms with van der Waals surface area (Å²) >= 11 is 0. The molecule has 0 aliphatic heterocycles. The van der Waals surface area contributed by atoms with E-state index in [2.05, 4.69) is 11.0 Å². The molecule has 0 bridgehead atoms. The Kier molecular flexibility index (Phi) is 5.23. The van der Waals surface area contributed by atoms with Gasteiger partial charge in [0.1, 0.15) is 9.84 Å². The van der Waals surface area contributed by atoms with E-state index in [9.17, 15) is 8.42 Å². The van der Waals surface area contributed by atoms with Gasteiger partial charge in [0.15, 0.2) is 0 Å². The molecule has 0 aromatic carbocycles. The quantitative estimate of drug-likeness (QED) is 0.658. The average Bonchev–Trinajstić information content (AvgIpc) is 2.67. The maximum Gasteiger partial charge on any atom is 0.147 e. The molecule has 0 amide bonds. The molecule has 0 saturated heterocycles. The molecule has 0 atom stereocenters. The van der Waals surface area contributed by atoms with E-state index in [0.717, 1.165) is 19.4 Å². The maximum atomic E-state index is 11.0. The first-order valence-electron chi connectivity index (χ1n) is 5.81. The Balaban J connectivity index is 2.36. The van der Waals surface area contributed by atoms with Crippen LogP contribution in [0, 0.1) is 11.3 Å². The Morgan fingerprint density at radius 3 is 2.50 bits per heavy atom. The second-order valence-corrected chi connectivity index (χ2v) is 6.81. The van der Waals surface area contributed by atoms with Gasteiger partial charge in [0.25, 0.3) is 0 Å². The molecule has 0 heterocycles. The predicted octanol–water partition coefficient (Wildman–Crippen LogP) is 1.19. The molecule has 0 radical (unpaired) electrons. The van der Waals surface area contributed by atoms with Gasteiger partial charge >= 0.3 is 0 Å². The van der Waals surface area contributed by atoms with E-state index in [1.807, 2.05) is 0 Å². The van der Waals surface area contributed by atoms with Gasteiger partial charge in [-0.1, -0.05) is 12.8 Å². The lowest BCUT2D eigenvalue weighted by molar-refractivity contribution is 0.223. The molecule has 0 aromatic rings. The number of rotatable bonds is 6. The number of sulfone groups is 1. The highest BCUT2D eigenvalue weighted by Crippen LogP contribution is 2.23. The molecule has 4 nitrogen and oxygen atoms in total. The van der Waals surface area contributed by atoms with Crippen LogP contribution < -0.4 is 0 Å². The molecule has 1 aliphatic rings. The van der Waals surface area contributed by atoms with Gasteiger partial charge in [-0.05, 0) is 19.3 Å². The predicted molar refractivity (Wildman–Crippen MR) is 63.8 cm³/mol. The summed E-state index contributed by atoms with van der Waals surface area (Å²) in [4.78, 5) is 2.14. The largest absolute Gasteiger partial charge is 0.288 e. The molecule has 1 rings (SSSR count). The van der Waals surface area contributed by atoms with E-state index in [0.29, 0.717) is 19.0 Å². The van der Waals surface area contributed by atoms with Gasteiger partial charge in [-0.25, -0.2) is 8.42 Å². The highest BCUT2D eigenvalue weighted by Gasteiger charge is 2.22. The van der Waals surface area contributed by atoms with Crippen LogP contribution in [0.5, 0.6) is 0 Å². The summed E-state index contributed by atoms with van der Waals surface area (Å²) < 4.78 is 22.0. The molecule has 0 spiro atoms. The van der Waals surface area contributed by atoms with Crippen LogP contribution in [0.4, 0.5) is 0 Å². The summed E-state index contributed by atoms with van der Waals surface area (Å²) in [5.74, 6) is 0.224. The van der Waals surface area contributed by atoms with E-state index in [1.165, 1.54) is 19.1 Å². The molecular weight excluding hydrogens is 224 g/mol. The Morgan fingerprint density at radius 1 is 1.38 bits per heavy atom. The molecule has 5 heteroatoms. The summed E-state index contributed by atoms with van der Waals surface area (Å²) in [6, 6.07) is 2.67. The Morgan fingerprint density at radius 2 is 2.00 bits per heavy atom. The van der Waals surface area contributed by atoms with Gasteiger partial charge in [0.05, 0.1) is 18.4 Å². The smallest absolute Gasteiger partial charge is 0.147 e. The second kappa shape index (κ2) is 6.21. The van der Waals surface area contributed by atoms with Crippen LogP contribution in [0.2, 0.25) is 0 Å². The summed E-state index contributed by atoms with van der Waals surface area (Å²) in [5.41, 5.74) is 0. The summed E-state index contributed by atoms with van der Waals surface area (Å²) in [6.45, 7) is 1.15. The van der Waals surface area contributed by atoms with Crippen molar-refractivity contribution in [3.05, 3.63) is 0 Å².